The maximum Gasteiger partial charge on any atom is 0.291 e. The first kappa shape index (κ1) is 16.2. The van der Waals surface area contributed by atoms with Gasteiger partial charge in [-0.25, -0.2) is 5.43 Å². The number of aromatic amines is 1. The fourth-order valence-corrected chi connectivity index (χ4v) is 2.05. The highest BCUT2D eigenvalue weighted by Gasteiger charge is 2.19. The number of aromatic nitrogens is 2. The number of nitrogens with zero attached hydrogens (tertiary/aromatic N) is 2. The van der Waals surface area contributed by atoms with E-state index in [2.05, 4.69) is 36.7 Å². The second-order valence-corrected chi connectivity index (χ2v) is 6.73. The predicted octanol–water partition coefficient (Wildman–Crippen LogP) is 2.94. The number of carbonyl (C=O) groups is 1. The van der Waals surface area contributed by atoms with Gasteiger partial charge in [0, 0.05) is 21.1 Å². The highest BCUT2D eigenvalue weighted by molar-refractivity contribution is 9.10. The van der Waals surface area contributed by atoms with Crippen molar-refractivity contribution >= 4 is 28.1 Å². The van der Waals surface area contributed by atoms with Crippen LogP contribution in [0.25, 0.3) is 0 Å². The topological polar surface area (TPSA) is 90.4 Å². The molecule has 0 spiro atoms. The molecule has 6 nitrogen and oxygen atoms in total. The van der Waals surface area contributed by atoms with Crippen molar-refractivity contribution in [3.63, 3.8) is 0 Å². The van der Waals surface area contributed by atoms with E-state index in [1.54, 1.807) is 18.2 Å². The van der Waals surface area contributed by atoms with Gasteiger partial charge in [0.1, 0.15) is 5.75 Å². The Morgan fingerprint density at radius 1 is 1.41 bits per heavy atom. The first-order chi connectivity index (χ1) is 10.3. The molecule has 22 heavy (non-hydrogen) atoms. The summed E-state index contributed by atoms with van der Waals surface area (Å²) in [7, 11) is 0. The minimum Gasteiger partial charge on any atom is -0.507 e. The normalized spacial score (nSPS) is 11.8. The summed E-state index contributed by atoms with van der Waals surface area (Å²) in [6.07, 6.45) is 1.37. The maximum atomic E-state index is 11.9. The Morgan fingerprint density at radius 3 is 2.77 bits per heavy atom. The van der Waals surface area contributed by atoms with Crippen LogP contribution in [0.4, 0.5) is 0 Å². The van der Waals surface area contributed by atoms with Gasteiger partial charge >= 0.3 is 0 Å². The van der Waals surface area contributed by atoms with Crippen LogP contribution in [0.3, 0.4) is 0 Å². The van der Waals surface area contributed by atoms with Gasteiger partial charge in [0.05, 0.1) is 6.21 Å². The number of H-pyrrole nitrogens is 1. The van der Waals surface area contributed by atoms with Gasteiger partial charge in [0.25, 0.3) is 5.91 Å². The van der Waals surface area contributed by atoms with Gasteiger partial charge < -0.3 is 5.11 Å². The highest BCUT2D eigenvalue weighted by Crippen LogP contribution is 2.21. The minimum absolute atomic E-state index is 0.0796. The van der Waals surface area contributed by atoms with Gasteiger partial charge in [0.15, 0.2) is 5.69 Å². The van der Waals surface area contributed by atoms with E-state index in [4.69, 9.17) is 0 Å². The van der Waals surface area contributed by atoms with Crippen LogP contribution >= 0.6 is 15.9 Å². The van der Waals surface area contributed by atoms with Crippen LogP contribution in [0.2, 0.25) is 0 Å². The molecule has 0 aliphatic rings. The van der Waals surface area contributed by atoms with Gasteiger partial charge in [-0.05, 0) is 24.3 Å². The van der Waals surface area contributed by atoms with E-state index in [0.717, 1.165) is 10.2 Å². The summed E-state index contributed by atoms with van der Waals surface area (Å²) in [5.41, 5.74) is 3.89. The Labute approximate surface area is 136 Å². The van der Waals surface area contributed by atoms with Gasteiger partial charge in [0.2, 0.25) is 0 Å². The number of carbonyl (C=O) groups excluding carboxylic acids is 1. The first-order valence-electron chi connectivity index (χ1n) is 6.65. The van der Waals surface area contributed by atoms with Gasteiger partial charge in [-0.1, -0.05) is 36.7 Å². The number of amides is 1. The van der Waals surface area contributed by atoms with Crippen molar-refractivity contribution in [3.05, 3.63) is 45.7 Å². The van der Waals surface area contributed by atoms with Gasteiger partial charge in [-0.3, -0.25) is 9.89 Å². The van der Waals surface area contributed by atoms with Crippen LogP contribution < -0.4 is 5.43 Å². The first-order valence-corrected chi connectivity index (χ1v) is 7.44. The molecule has 0 bridgehead atoms. The molecule has 0 saturated carbocycles. The number of hydrogen-bond donors (Lipinski definition) is 3. The molecule has 0 saturated heterocycles. The lowest BCUT2D eigenvalue weighted by molar-refractivity contribution is 0.0950. The van der Waals surface area contributed by atoms with Crippen LogP contribution in [0.5, 0.6) is 5.75 Å². The van der Waals surface area contributed by atoms with Crippen molar-refractivity contribution in [3.8, 4) is 5.75 Å². The molecule has 2 aromatic rings. The number of hydrazone groups is 1. The molecule has 1 aromatic carbocycles. The molecule has 1 aromatic heterocycles. The third-order valence-electron chi connectivity index (χ3n) is 2.98. The monoisotopic (exact) mass is 364 g/mol. The van der Waals surface area contributed by atoms with E-state index in [9.17, 15) is 9.90 Å². The van der Waals surface area contributed by atoms with E-state index in [0.29, 0.717) is 5.56 Å². The highest BCUT2D eigenvalue weighted by atomic mass is 79.9. The zero-order valence-electron chi connectivity index (χ0n) is 12.5. The number of halogens is 1. The molecule has 0 unspecified atom stereocenters. The van der Waals surface area contributed by atoms with Crippen LogP contribution in [0.1, 0.15) is 42.5 Å². The fourth-order valence-electron chi connectivity index (χ4n) is 1.67. The van der Waals surface area contributed by atoms with Gasteiger partial charge in [-0.2, -0.15) is 10.2 Å². The average Bonchev–Trinajstić information content (AvgIpc) is 2.92. The molecule has 1 amide bonds. The van der Waals surface area contributed by atoms with Crippen LogP contribution in [-0.4, -0.2) is 27.4 Å². The van der Waals surface area contributed by atoms with E-state index in [-0.39, 0.29) is 16.9 Å². The summed E-state index contributed by atoms with van der Waals surface area (Å²) in [6.45, 7) is 6.07. The summed E-state index contributed by atoms with van der Waals surface area (Å²) in [4.78, 5) is 11.9. The van der Waals surface area contributed by atoms with Crippen molar-refractivity contribution in [1.82, 2.24) is 15.6 Å². The van der Waals surface area contributed by atoms with Crippen LogP contribution in [-0.2, 0) is 5.41 Å². The van der Waals surface area contributed by atoms with Crippen molar-refractivity contribution in [2.45, 2.75) is 26.2 Å². The molecule has 1 heterocycles. The molecule has 116 valence electrons. The molecular weight excluding hydrogens is 348 g/mol. The molecule has 2 rings (SSSR count). The number of aromatic hydroxyl groups is 1. The van der Waals surface area contributed by atoms with E-state index >= 15 is 0 Å². The van der Waals surface area contributed by atoms with Crippen molar-refractivity contribution in [2.24, 2.45) is 5.10 Å². The lowest BCUT2D eigenvalue weighted by Crippen LogP contribution is -2.18. The third-order valence-corrected chi connectivity index (χ3v) is 3.47. The van der Waals surface area contributed by atoms with Crippen molar-refractivity contribution in [1.29, 1.82) is 0 Å². The summed E-state index contributed by atoms with van der Waals surface area (Å²) in [5, 5.41) is 20.3. The molecular formula is C15H17BrN4O2. The van der Waals surface area contributed by atoms with Crippen molar-refractivity contribution < 1.29 is 9.90 Å². The third kappa shape index (κ3) is 3.94. The van der Waals surface area contributed by atoms with Crippen LogP contribution in [0, 0.1) is 0 Å². The summed E-state index contributed by atoms with van der Waals surface area (Å²) in [5.74, 6) is -0.339. The van der Waals surface area contributed by atoms with Crippen molar-refractivity contribution in [2.75, 3.05) is 0 Å². The number of hydrogen-bond acceptors (Lipinski definition) is 4. The number of rotatable bonds is 3. The lowest BCUT2D eigenvalue weighted by Gasteiger charge is -2.14. The zero-order valence-corrected chi connectivity index (χ0v) is 14.1. The number of phenolic OH excluding ortho intramolecular Hbond substituents is 1. The summed E-state index contributed by atoms with van der Waals surface area (Å²) in [6, 6.07) is 6.64. The SMILES string of the molecule is CC(C)(C)c1cc(C(=O)NN=Cc2cc(Br)ccc2O)n[nH]1. The Kier molecular flexibility index (Phi) is 4.65. The Bertz CT molecular complexity index is 717. The molecule has 0 radical (unpaired) electrons. The van der Waals surface area contributed by atoms with Gasteiger partial charge in [-0.15, -0.1) is 0 Å². The summed E-state index contributed by atoms with van der Waals surface area (Å²) < 4.78 is 0.806. The molecule has 0 aliphatic heterocycles. The van der Waals surface area contributed by atoms with Crippen LogP contribution in [0.15, 0.2) is 33.8 Å². The minimum atomic E-state index is -0.419. The molecule has 3 N–H and O–H groups in total. The molecule has 7 heteroatoms. The quantitative estimate of drug-likeness (QED) is 0.577. The number of nitrogens with one attached hydrogen (secondary N) is 2. The second kappa shape index (κ2) is 6.31. The van der Waals surface area contributed by atoms with E-state index < -0.39 is 5.91 Å². The molecule has 0 aliphatic carbocycles. The Morgan fingerprint density at radius 2 is 2.14 bits per heavy atom. The lowest BCUT2D eigenvalue weighted by atomic mass is 9.92. The Balaban J connectivity index is 2.05. The largest absolute Gasteiger partial charge is 0.507 e. The smallest absolute Gasteiger partial charge is 0.291 e. The maximum absolute atomic E-state index is 11.9. The number of phenols is 1. The standard InChI is InChI=1S/C15H17BrN4O2/c1-15(2,3)13-7-11(18-19-13)14(22)20-17-8-9-6-10(16)4-5-12(9)21/h4-8,21H,1-3H3,(H,18,19)(H,20,22). The predicted molar refractivity (Wildman–Crippen MR) is 88.2 cm³/mol. The fraction of sp³-hybridized carbons (Fsp3) is 0.267. The average molecular weight is 365 g/mol. The van der Waals surface area contributed by atoms with E-state index in [1.807, 2.05) is 20.8 Å². The zero-order chi connectivity index (χ0) is 16.3. The number of benzene rings is 1. The second-order valence-electron chi connectivity index (χ2n) is 5.82. The molecule has 0 atom stereocenters. The molecule has 0 fully saturated rings. The van der Waals surface area contributed by atoms with E-state index in [1.165, 1.54) is 12.3 Å². The summed E-state index contributed by atoms with van der Waals surface area (Å²) >= 11 is 3.30. The Hall–Kier alpha value is -2.15.